The van der Waals surface area contributed by atoms with E-state index in [9.17, 15) is 10.1 Å². The zero-order valence-corrected chi connectivity index (χ0v) is 5.76. The van der Waals surface area contributed by atoms with Crippen molar-refractivity contribution in [1.82, 2.24) is 5.01 Å². The second-order valence-corrected chi connectivity index (χ2v) is 2.22. The van der Waals surface area contributed by atoms with Crippen molar-refractivity contribution < 1.29 is 4.92 Å². The van der Waals surface area contributed by atoms with Crippen LogP contribution in [-0.2, 0) is 0 Å². The normalized spacial score (nSPS) is 31.2. The molecule has 0 N–H and O–H groups in total. The molecule has 0 aromatic heterocycles. The highest BCUT2D eigenvalue weighted by atomic mass is 16.6. The Balaban J connectivity index is 2.69. The molecule has 1 aliphatic heterocycles. The van der Waals surface area contributed by atoms with Gasteiger partial charge in [0.15, 0.2) is 6.04 Å². The van der Waals surface area contributed by atoms with E-state index in [1.54, 1.807) is 14.0 Å². The summed E-state index contributed by atoms with van der Waals surface area (Å²) in [7, 11) is 1.54. The fourth-order valence-electron chi connectivity index (χ4n) is 0.900. The molecule has 6 heteroatoms. The molecule has 0 unspecified atom stereocenters. The number of rotatable bonds is 1. The maximum atomic E-state index is 10.3. The molecule has 56 valence electrons. The molecule has 1 aliphatic rings. The second kappa shape index (κ2) is 2.20. The van der Waals surface area contributed by atoms with Crippen LogP contribution >= 0.6 is 0 Å². The summed E-state index contributed by atoms with van der Waals surface area (Å²) in [4.78, 5) is 9.88. The molecule has 1 heterocycles. The van der Waals surface area contributed by atoms with Crippen LogP contribution in [0.2, 0.25) is 0 Å². The van der Waals surface area contributed by atoms with Crippen LogP contribution in [0.5, 0.6) is 0 Å². The van der Waals surface area contributed by atoms with Crippen molar-refractivity contribution >= 4 is 0 Å². The standard InChI is InChI=1S/C4H8N4O2/c1-3-4(8(9)10)7(2)6-5-3/h3-4H,1-2H3/t3-,4-/m0/s1. The van der Waals surface area contributed by atoms with Crippen molar-refractivity contribution in [2.24, 2.45) is 10.3 Å². The van der Waals surface area contributed by atoms with Gasteiger partial charge in [-0.25, -0.2) is 5.01 Å². The van der Waals surface area contributed by atoms with Crippen LogP contribution in [0.1, 0.15) is 6.92 Å². The molecule has 10 heavy (non-hydrogen) atoms. The Kier molecular flexibility index (Phi) is 1.52. The Hall–Kier alpha value is -1.20. The first kappa shape index (κ1) is 6.91. The van der Waals surface area contributed by atoms with Gasteiger partial charge < -0.3 is 0 Å². The minimum atomic E-state index is -0.778. The average molecular weight is 144 g/mol. The van der Waals surface area contributed by atoms with Crippen molar-refractivity contribution in [2.75, 3.05) is 7.05 Å². The van der Waals surface area contributed by atoms with Crippen molar-refractivity contribution in [1.29, 1.82) is 0 Å². The van der Waals surface area contributed by atoms with Crippen LogP contribution < -0.4 is 0 Å². The van der Waals surface area contributed by atoms with Gasteiger partial charge in [0.05, 0.1) is 0 Å². The molecule has 0 aliphatic carbocycles. The predicted octanol–water partition coefficient (Wildman–Crippen LogP) is 0.290. The molecule has 0 saturated heterocycles. The summed E-state index contributed by atoms with van der Waals surface area (Å²) in [5.41, 5.74) is 0. The Morgan fingerprint density at radius 3 is 2.50 bits per heavy atom. The third-order valence-corrected chi connectivity index (χ3v) is 1.41. The van der Waals surface area contributed by atoms with Gasteiger partial charge in [0.25, 0.3) is 0 Å². The second-order valence-electron chi connectivity index (χ2n) is 2.22. The van der Waals surface area contributed by atoms with Gasteiger partial charge in [-0.3, -0.25) is 10.1 Å². The summed E-state index contributed by atoms with van der Waals surface area (Å²) in [5, 5.41) is 18.7. The van der Waals surface area contributed by atoms with E-state index < -0.39 is 6.17 Å². The van der Waals surface area contributed by atoms with Gasteiger partial charge in [-0.05, 0) is 6.92 Å². The molecule has 0 bridgehead atoms. The highest BCUT2D eigenvalue weighted by Crippen LogP contribution is 2.14. The SMILES string of the molecule is C[C@@H]1N=NN(C)[C@H]1[N+](=O)[O-]. The summed E-state index contributed by atoms with van der Waals surface area (Å²) < 4.78 is 0. The molecule has 6 nitrogen and oxygen atoms in total. The van der Waals surface area contributed by atoms with Crippen LogP contribution in [0.4, 0.5) is 0 Å². The van der Waals surface area contributed by atoms with Crippen LogP contribution in [0.15, 0.2) is 10.3 Å². The van der Waals surface area contributed by atoms with E-state index >= 15 is 0 Å². The quantitative estimate of drug-likeness (QED) is 0.392. The minimum Gasteiger partial charge on any atom is -0.262 e. The lowest BCUT2D eigenvalue weighted by molar-refractivity contribution is -0.547. The van der Waals surface area contributed by atoms with Gasteiger partial charge in [0, 0.05) is 12.0 Å². The average Bonchev–Trinajstić information content (AvgIpc) is 2.11. The molecule has 0 spiro atoms. The lowest BCUT2D eigenvalue weighted by Gasteiger charge is -2.10. The van der Waals surface area contributed by atoms with E-state index in [2.05, 4.69) is 10.3 Å². The Morgan fingerprint density at radius 1 is 1.70 bits per heavy atom. The van der Waals surface area contributed by atoms with E-state index in [1.165, 1.54) is 5.01 Å². The third-order valence-electron chi connectivity index (χ3n) is 1.41. The molecule has 0 amide bonds. The Bertz CT molecular complexity index is 168. The van der Waals surface area contributed by atoms with Crippen LogP contribution in [0.3, 0.4) is 0 Å². The number of likely N-dealkylation sites (N-methyl/N-ethyl adjacent to an activating group) is 1. The first-order chi connectivity index (χ1) is 4.63. The molecule has 1 rings (SSSR count). The molecule has 0 aromatic rings. The minimum absolute atomic E-state index is 0.333. The third kappa shape index (κ3) is 0.916. The van der Waals surface area contributed by atoms with Crippen LogP contribution in [0, 0.1) is 10.1 Å². The molecular weight excluding hydrogens is 136 g/mol. The highest BCUT2D eigenvalue weighted by molar-refractivity contribution is 4.71. The Morgan fingerprint density at radius 2 is 2.30 bits per heavy atom. The van der Waals surface area contributed by atoms with Crippen molar-refractivity contribution in [3.05, 3.63) is 10.1 Å². The molecule has 0 saturated carbocycles. The van der Waals surface area contributed by atoms with Gasteiger partial charge in [-0.2, -0.15) is 5.11 Å². The van der Waals surface area contributed by atoms with Crippen molar-refractivity contribution in [3.8, 4) is 0 Å². The summed E-state index contributed by atoms with van der Waals surface area (Å²) in [6.45, 7) is 1.67. The predicted molar refractivity (Wildman–Crippen MR) is 32.9 cm³/mol. The zero-order chi connectivity index (χ0) is 7.72. The Labute approximate surface area is 57.7 Å². The first-order valence-corrected chi connectivity index (χ1v) is 2.90. The molecule has 0 fully saturated rings. The number of nitrogens with zero attached hydrogens (tertiary/aromatic N) is 4. The zero-order valence-electron chi connectivity index (χ0n) is 5.76. The highest BCUT2D eigenvalue weighted by Gasteiger charge is 2.36. The van der Waals surface area contributed by atoms with Gasteiger partial charge in [-0.1, -0.05) is 5.22 Å². The van der Waals surface area contributed by atoms with Crippen molar-refractivity contribution in [2.45, 2.75) is 19.1 Å². The van der Waals surface area contributed by atoms with E-state index in [0.29, 0.717) is 0 Å². The monoisotopic (exact) mass is 144 g/mol. The van der Waals surface area contributed by atoms with Crippen LogP contribution in [-0.4, -0.2) is 29.2 Å². The van der Waals surface area contributed by atoms with E-state index in [1.807, 2.05) is 0 Å². The van der Waals surface area contributed by atoms with E-state index in [4.69, 9.17) is 0 Å². The van der Waals surface area contributed by atoms with Gasteiger partial charge in [0.1, 0.15) is 0 Å². The lowest BCUT2D eigenvalue weighted by atomic mass is 10.3. The summed E-state index contributed by atoms with van der Waals surface area (Å²) in [5.74, 6) is 0. The van der Waals surface area contributed by atoms with Gasteiger partial charge in [0.2, 0.25) is 0 Å². The number of hydrogen-bond donors (Lipinski definition) is 0. The summed E-state index contributed by atoms with van der Waals surface area (Å²) in [6.07, 6.45) is -0.778. The fraction of sp³-hybridized carbons (Fsp3) is 1.00. The lowest BCUT2D eigenvalue weighted by Crippen LogP contribution is -2.37. The van der Waals surface area contributed by atoms with Crippen LogP contribution in [0.25, 0.3) is 0 Å². The smallest absolute Gasteiger partial charge is 0.262 e. The summed E-state index contributed by atoms with van der Waals surface area (Å²) >= 11 is 0. The van der Waals surface area contributed by atoms with Crippen molar-refractivity contribution in [3.63, 3.8) is 0 Å². The fourth-order valence-corrected chi connectivity index (χ4v) is 0.900. The molecule has 0 radical (unpaired) electrons. The molecular formula is C4H8N4O2. The number of hydrogen-bond acceptors (Lipinski definition) is 5. The molecule has 2 atom stereocenters. The number of nitro groups is 1. The largest absolute Gasteiger partial charge is 0.326 e. The van der Waals surface area contributed by atoms with Gasteiger partial charge >= 0.3 is 6.17 Å². The van der Waals surface area contributed by atoms with E-state index in [-0.39, 0.29) is 11.0 Å². The first-order valence-electron chi connectivity index (χ1n) is 2.90. The summed E-state index contributed by atoms with van der Waals surface area (Å²) in [6, 6.07) is -0.333. The maximum Gasteiger partial charge on any atom is 0.326 e. The topological polar surface area (TPSA) is 71.1 Å². The van der Waals surface area contributed by atoms with E-state index in [0.717, 1.165) is 0 Å². The maximum absolute atomic E-state index is 10.3. The molecule has 0 aromatic carbocycles. The van der Waals surface area contributed by atoms with Gasteiger partial charge in [-0.15, -0.1) is 0 Å².